The first-order valence-electron chi connectivity index (χ1n) is 5.77. The highest BCUT2D eigenvalue weighted by molar-refractivity contribution is 7.92. The van der Waals surface area contributed by atoms with E-state index in [9.17, 15) is 17.6 Å². The van der Waals surface area contributed by atoms with E-state index in [1.807, 2.05) is 0 Å². The quantitative estimate of drug-likeness (QED) is 0.900. The molecule has 0 unspecified atom stereocenters. The van der Waals surface area contributed by atoms with Crippen molar-refractivity contribution in [3.8, 4) is 0 Å². The van der Waals surface area contributed by atoms with Gasteiger partial charge >= 0.3 is 5.97 Å². The van der Waals surface area contributed by atoms with Gasteiger partial charge in [-0.25, -0.2) is 17.6 Å². The Morgan fingerprint density at radius 3 is 2.62 bits per heavy atom. The lowest BCUT2D eigenvalue weighted by Crippen LogP contribution is -2.15. The standard InChI is InChI=1S/C13H11FN2O4S/c1-8-4-10(7-15-6-8)16-21(19,20)12-5-9(13(17)18)2-3-11(12)14/h2-7,16H,1H3,(H,17,18). The van der Waals surface area contributed by atoms with Gasteiger partial charge in [-0.15, -0.1) is 0 Å². The Balaban J connectivity index is 2.44. The Morgan fingerprint density at radius 2 is 2.00 bits per heavy atom. The second-order valence-electron chi connectivity index (χ2n) is 4.31. The number of hydrogen-bond donors (Lipinski definition) is 2. The number of halogens is 1. The predicted molar refractivity (Wildman–Crippen MR) is 73.1 cm³/mol. The topological polar surface area (TPSA) is 96.4 Å². The summed E-state index contributed by atoms with van der Waals surface area (Å²) in [5.41, 5.74) is 0.559. The van der Waals surface area contributed by atoms with E-state index in [1.54, 1.807) is 6.92 Å². The number of anilines is 1. The van der Waals surface area contributed by atoms with E-state index in [2.05, 4.69) is 9.71 Å². The number of carbonyl (C=O) groups is 1. The maximum absolute atomic E-state index is 13.7. The SMILES string of the molecule is Cc1cncc(NS(=O)(=O)c2cc(C(=O)O)ccc2F)c1. The van der Waals surface area contributed by atoms with Gasteiger partial charge in [-0.05, 0) is 36.8 Å². The summed E-state index contributed by atoms with van der Waals surface area (Å²) in [5, 5.41) is 8.84. The molecule has 0 aliphatic carbocycles. The molecule has 1 heterocycles. The van der Waals surface area contributed by atoms with E-state index in [0.29, 0.717) is 0 Å². The molecule has 0 radical (unpaired) electrons. The van der Waals surface area contributed by atoms with E-state index in [-0.39, 0.29) is 11.3 Å². The first-order chi connectivity index (χ1) is 9.79. The van der Waals surface area contributed by atoms with Gasteiger partial charge in [0.05, 0.1) is 17.4 Å². The zero-order chi connectivity index (χ0) is 15.6. The smallest absolute Gasteiger partial charge is 0.335 e. The number of pyridine rings is 1. The second kappa shape index (κ2) is 5.49. The minimum atomic E-state index is -4.25. The van der Waals surface area contributed by atoms with Crippen LogP contribution in [-0.2, 0) is 10.0 Å². The molecule has 0 atom stereocenters. The first kappa shape index (κ1) is 14.9. The Morgan fingerprint density at radius 1 is 1.29 bits per heavy atom. The van der Waals surface area contributed by atoms with Crippen LogP contribution in [-0.4, -0.2) is 24.5 Å². The normalized spacial score (nSPS) is 11.1. The van der Waals surface area contributed by atoms with Crippen LogP contribution < -0.4 is 4.72 Å². The minimum absolute atomic E-state index is 0.162. The third kappa shape index (κ3) is 3.34. The van der Waals surface area contributed by atoms with Gasteiger partial charge in [0, 0.05) is 6.20 Å². The molecule has 0 aliphatic heterocycles. The van der Waals surface area contributed by atoms with Gasteiger partial charge in [0.15, 0.2) is 0 Å². The van der Waals surface area contributed by atoms with Crippen LogP contribution in [0.4, 0.5) is 10.1 Å². The number of carboxylic acid groups (broad SMARTS) is 1. The third-order valence-corrected chi connectivity index (χ3v) is 3.99. The molecular weight excluding hydrogens is 299 g/mol. The molecule has 0 fully saturated rings. The summed E-state index contributed by atoms with van der Waals surface area (Å²) in [6.07, 6.45) is 2.80. The molecule has 2 rings (SSSR count). The second-order valence-corrected chi connectivity index (χ2v) is 5.96. The summed E-state index contributed by atoms with van der Waals surface area (Å²) in [6, 6.07) is 4.07. The van der Waals surface area contributed by atoms with Crippen molar-refractivity contribution >= 4 is 21.7 Å². The van der Waals surface area contributed by atoms with E-state index in [0.717, 1.165) is 23.8 Å². The molecule has 1 aromatic carbocycles. The molecule has 0 amide bonds. The monoisotopic (exact) mass is 310 g/mol. The molecule has 110 valence electrons. The number of nitrogens with zero attached hydrogens (tertiary/aromatic N) is 1. The van der Waals surface area contributed by atoms with Crippen molar-refractivity contribution in [2.45, 2.75) is 11.8 Å². The van der Waals surface area contributed by atoms with Gasteiger partial charge in [-0.2, -0.15) is 0 Å². The van der Waals surface area contributed by atoms with Gasteiger partial charge in [0.1, 0.15) is 10.7 Å². The maximum atomic E-state index is 13.7. The zero-order valence-electron chi connectivity index (χ0n) is 10.9. The lowest BCUT2D eigenvalue weighted by Gasteiger charge is -2.09. The fraction of sp³-hybridized carbons (Fsp3) is 0.0769. The molecule has 21 heavy (non-hydrogen) atoms. The van der Waals surface area contributed by atoms with E-state index in [4.69, 9.17) is 5.11 Å². The lowest BCUT2D eigenvalue weighted by atomic mass is 10.2. The van der Waals surface area contributed by atoms with Gasteiger partial charge in [0.25, 0.3) is 10.0 Å². The van der Waals surface area contributed by atoms with Crippen LogP contribution in [0.25, 0.3) is 0 Å². The summed E-state index contributed by atoms with van der Waals surface area (Å²) in [5.74, 6) is -2.38. The van der Waals surface area contributed by atoms with Crippen LogP contribution in [0.3, 0.4) is 0 Å². The van der Waals surface area contributed by atoms with Crippen LogP contribution in [0.2, 0.25) is 0 Å². The Bertz CT molecular complexity index is 806. The Labute approximate surface area is 120 Å². The summed E-state index contributed by atoms with van der Waals surface area (Å²) in [7, 11) is -4.25. The van der Waals surface area contributed by atoms with Crippen molar-refractivity contribution in [2.24, 2.45) is 0 Å². The molecule has 0 aliphatic rings. The highest BCUT2D eigenvalue weighted by atomic mass is 32.2. The summed E-state index contributed by atoms with van der Waals surface area (Å²) >= 11 is 0. The van der Waals surface area contributed by atoms with Crippen LogP contribution in [0, 0.1) is 12.7 Å². The number of rotatable bonds is 4. The van der Waals surface area contributed by atoms with E-state index in [1.165, 1.54) is 18.5 Å². The molecule has 6 nitrogen and oxygen atoms in total. The average molecular weight is 310 g/mol. The predicted octanol–water partition coefficient (Wildman–Crippen LogP) is 2.03. The zero-order valence-corrected chi connectivity index (χ0v) is 11.7. The first-order valence-corrected chi connectivity index (χ1v) is 7.25. The van der Waals surface area contributed by atoms with Gasteiger partial charge in [-0.3, -0.25) is 9.71 Å². The van der Waals surface area contributed by atoms with Crippen molar-refractivity contribution in [2.75, 3.05) is 4.72 Å². The number of aromatic nitrogens is 1. The third-order valence-electron chi connectivity index (χ3n) is 2.59. The van der Waals surface area contributed by atoms with Gasteiger partial charge in [0.2, 0.25) is 0 Å². The number of nitrogens with one attached hydrogen (secondary N) is 1. The number of carboxylic acids is 1. The number of benzene rings is 1. The Hall–Kier alpha value is -2.48. The van der Waals surface area contributed by atoms with E-state index >= 15 is 0 Å². The summed E-state index contributed by atoms with van der Waals surface area (Å²) < 4.78 is 40.1. The molecule has 0 bridgehead atoms. The molecule has 0 saturated carbocycles. The van der Waals surface area contributed by atoms with E-state index < -0.39 is 26.7 Å². The van der Waals surface area contributed by atoms with Gasteiger partial charge in [-0.1, -0.05) is 0 Å². The van der Waals surface area contributed by atoms with Crippen LogP contribution >= 0.6 is 0 Å². The summed E-state index contributed by atoms with van der Waals surface area (Å²) in [4.78, 5) is 13.9. The molecule has 8 heteroatoms. The fourth-order valence-electron chi connectivity index (χ4n) is 1.66. The highest BCUT2D eigenvalue weighted by Gasteiger charge is 2.21. The fourth-order valence-corrected chi connectivity index (χ4v) is 2.80. The average Bonchev–Trinajstić information content (AvgIpc) is 2.38. The number of hydrogen-bond acceptors (Lipinski definition) is 4. The molecule has 2 N–H and O–H groups in total. The minimum Gasteiger partial charge on any atom is -0.478 e. The van der Waals surface area contributed by atoms with Crippen LogP contribution in [0.1, 0.15) is 15.9 Å². The number of aryl methyl sites for hydroxylation is 1. The molecule has 2 aromatic rings. The van der Waals surface area contributed by atoms with Crippen molar-refractivity contribution in [3.05, 3.63) is 53.6 Å². The summed E-state index contributed by atoms with van der Waals surface area (Å²) in [6.45, 7) is 1.72. The van der Waals surface area contributed by atoms with Gasteiger partial charge < -0.3 is 5.11 Å². The Kier molecular flexibility index (Phi) is 3.90. The highest BCUT2D eigenvalue weighted by Crippen LogP contribution is 2.20. The molecule has 0 saturated heterocycles. The molecule has 1 aromatic heterocycles. The lowest BCUT2D eigenvalue weighted by molar-refractivity contribution is 0.0696. The van der Waals surface area contributed by atoms with Crippen molar-refractivity contribution in [1.29, 1.82) is 0 Å². The van der Waals surface area contributed by atoms with Crippen molar-refractivity contribution in [1.82, 2.24) is 4.98 Å². The number of aromatic carboxylic acids is 1. The van der Waals surface area contributed by atoms with Crippen LogP contribution in [0.5, 0.6) is 0 Å². The molecule has 0 spiro atoms. The molecular formula is C13H11FN2O4S. The number of sulfonamides is 1. The maximum Gasteiger partial charge on any atom is 0.335 e. The van der Waals surface area contributed by atoms with Crippen molar-refractivity contribution in [3.63, 3.8) is 0 Å². The van der Waals surface area contributed by atoms with Crippen molar-refractivity contribution < 1.29 is 22.7 Å². The van der Waals surface area contributed by atoms with Crippen LogP contribution in [0.15, 0.2) is 41.6 Å². The largest absolute Gasteiger partial charge is 0.478 e.